The normalized spacial score (nSPS) is 32.8. The Kier molecular flexibility index (Phi) is 5.11. The molecule has 2 fully saturated rings. The molecule has 16 heavy (non-hydrogen) atoms. The summed E-state index contributed by atoms with van der Waals surface area (Å²) in [7, 11) is 0. The van der Waals surface area contributed by atoms with Crippen molar-refractivity contribution in [2.24, 2.45) is 0 Å². The lowest BCUT2D eigenvalue weighted by Crippen LogP contribution is -2.34. The SMILES string of the molecule is CC1CCCCCN1CCCC1CCCN1. The number of likely N-dealkylation sites (tertiary alicyclic amines) is 1. The van der Waals surface area contributed by atoms with E-state index in [0.717, 1.165) is 12.1 Å². The van der Waals surface area contributed by atoms with Crippen molar-refractivity contribution in [1.29, 1.82) is 0 Å². The van der Waals surface area contributed by atoms with Crippen molar-refractivity contribution in [3.8, 4) is 0 Å². The summed E-state index contributed by atoms with van der Waals surface area (Å²) in [4.78, 5) is 2.72. The fourth-order valence-corrected chi connectivity index (χ4v) is 3.21. The average Bonchev–Trinajstić information content (AvgIpc) is 2.71. The number of nitrogens with zero attached hydrogens (tertiary/aromatic N) is 1. The van der Waals surface area contributed by atoms with Crippen molar-refractivity contribution in [3.63, 3.8) is 0 Å². The summed E-state index contributed by atoms with van der Waals surface area (Å²) in [6, 6.07) is 1.67. The zero-order chi connectivity index (χ0) is 11.2. The molecule has 0 spiro atoms. The molecule has 0 saturated carbocycles. The third-order valence-electron chi connectivity index (χ3n) is 4.35. The maximum Gasteiger partial charge on any atom is 0.00680 e. The molecular weight excluding hydrogens is 196 g/mol. The molecule has 2 unspecified atom stereocenters. The van der Waals surface area contributed by atoms with Gasteiger partial charge in [-0.3, -0.25) is 0 Å². The lowest BCUT2D eigenvalue weighted by molar-refractivity contribution is 0.207. The van der Waals surface area contributed by atoms with E-state index in [-0.39, 0.29) is 0 Å². The highest BCUT2D eigenvalue weighted by Gasteiger charge is 2.18. The van der Waals surface area contributed by atoms with Crippen LogP contribution in [0.4, 0.5) is 0 Å². The van der Waals surface area contributed by atoms with Gasteiger partial charge in [0.05, 0.1) is 0 Å². The summed E-state index contributed by atoms with van der Waals surface area (Å²) in [5.41, 5.74) is 0. The molecule has 0 aromatic carbocycles. The van der Waals surface area contributed by atoms with Crippen molar-refractivity contribution in [3.05, 3.63) is 0 Å². The first-order valence-corrected chi connectivity index (χ1v) is 7.33. The van der Waals surface area contributed by atoms with Crippen LogP contribution in [0.15, 0.2) is 0 Å². The second-order valence-electron chi connectivity index (χ2n) is 5.67. The largest absolute Gasteiger partial charge is 0.314 e. The van der Waals surface area contributed by atoms with Gasteiger partial charge in [-0.2, -0.15) is 0 Å². The Morgan fingerprint density at radius 1 is 1.12 bits per heavy atom. The second kappa shape index (κ2) is 6.61. The molecule has 1 N–H and O–H groups in total. The van der Waals surface area contributed by atoms with Crippen molar-refractivity contribution in [2.75, 3.05) is 19.6 Å². The Hall–Kier alpha value is -0.0800. The highest BCUT2D eigenvalue weighted by Crippen LogP contribution is 2.18. The molecule has 0 amide bonds. The molecule has 2 heteroatoms. The molecule has 2 atom stereocenters. The van der Waals surface area contributed by atoms with Crippen LogP contribution < -0.4 is 5.32 Å². The topological polar surface area (TPSA) is 15.3 Å². The smallest absolute Gasteiger partial charge is 0.00680 e. The lowest BCUT2D eigenvalue weighted by Gasteiger charge is -2.27. The van der Waals surface area contributed by atoms with E-state index >= 15 is 0 Å². The van der Waals surface area contributed by atoms with E-state index in [2.05, 4.69) is 17.1 Å². The molecule has 0 aromatic heterocycles. The number of nitrogens with one attached hydrogen (secondary N) is 1. The number of hydrogen-bond donors (Lipinski definition) is 1. The maximum atomic E-state index is 3.60. The quantitative estimate of drug-likeness (QED) is 0.790. The van der Waals surface area contributed by atoms with Crippen LogP contribution in [0.5, 0.6) is 0 Å². The van der Waals surface area contributed by atoms with Gasteiger partial charge in [-0.15, -0.1) is 0 Å². The first-order valence-electron chi connectivity index (χ1n) is 7.33. The van der Waals surface area contributed by atoms with Crippen LogP contribution in [0.3, 0.4) is 0 Å². The van der Waals surface area contributed by atoms with E-state index in [1.165, 1.54) is 71.0 Å². The van der Waals surface area contributed by atoms with Gasteiger partial charge < -0.3 is 10.2 Å². The van der Waals surface area contributed by atoms with E-state index in [1.807, 2.05) is 0 Å². The molecule has 2 aliphatic heterocycles. The van der Waals surface area contributed by atoms with Crippen molar-refractivity contribution in [1.82, 2.24) is 10.2 Å². The second-order valence-corrected chi connectivity index (χ2v) is 5.67. The Morgan fingerprint density at radius 3 is 2.88 bits per heavy atom. The Morgan fingerprint density at radius 2 is 2.06 bits per heavy atom. The highest BCUT2D eigenvalue weighted by atomic mass is 15.1. The predicted octanol–water partition coefficient (Wildman–Crippen LogP) is 2.78. The number of hydrogen-bond acceptors (Lipinski definition) is 2. The average molecular weight is 224 g/mol. The molecule has 0 radical (unpaired) electrons. The van der Waals surface area contributed by atoms with Gasteiger partial charge in [0.25, 0.3) is 0 Å². The third kappa shape index (κ3) is 3.74. The van der Waals surface area contributed by atoms with Gasteiger partial charge in [-0.25, -0.2) is 0 Å². The predicted molar refractivity (Wildman–Crippen MR) is 69.8 cm³/mol. The molecular formula is C14H28N2. The molecule has 2 nitrogen and oxygen atoms in total. The van der Waals surface area contributed by atoms with Crippen LogP contribution >= 0.6 is 0 Å². The maximum absolute atomic E-state index is 3.60. The Bertz CT molecular complexity index is 187. The monoisotopic (exact) mass is 224 g/mol. The van der Waals surface area contributed by atoms with Crippen LogP contribution in [0.25, 0.3) is 0 Å². The third-order valence-corrected chi connectivity index (χ3v) is 4.35. The van der Waals surface area contributed by atoms with Gasteiger partial charge in [0.15, 0.2) is 0 Å². The summed E-state index contributed by atoms with van der Waals surface area (Å²) >= 11 is 0. The molecule has 0 bridgehead atoms. The molecule has 2 saturated heterocycles. The molecule has 2 aliphatic rings. The van der Waals surface area contributed by atoms with E-state index in [9.17, 15) is 0 Å². The van der Waals surface area contributed by atoms with Crippen molar-refractivity contribution in [2.45, 2.75) is 70.4 Å². The molecule has 2 rings (SSSR count). The van der Waals surface area contributed by atoms with Crippen LogP contribution in [-0.2, 0) is 0 Å². The van der Waals surface area contributed by atoms with E-state index < -0.39 is 0 Å². The summed E-state index contributed by atoms with van der Waals surface area (Å²) in [5.74, 6) is 0. The van der Waals surface area contributed by atoms with Gasteiger partial charge in [-0.1, -0.05) is 12.8 Å². The Balaban J connectivity index is 1.63. The van der Waals surface area contributed by atoms with Gasteiger partial charge in [0.2, 0.25) is 0 Å². The summed E-state index contributed by atoms with van der Waals surface area (Å²) in [5, 5.41) is 3.60. The standard InChI is InChI=1S/C14H28N2/c1-13-7-3-2-4-11-16(13)12-6-9-14-8-5-10-15-14/h13-15H,2-12H2,1H3. The molecule has 0 aliphatic carbocycles. The van der Waals surface area contributed by atoms with Gasteiger partial charge in [0, 0.05) is 12.1 Å². The zero-order valence-corrected chi connectivity index (χ0v) is 10.9. The Labute approximate surface area is 101 Å². The first kappa shape index (κ1) is 12.4. The van der Waals surface area contributed by atoms with Crippen molar-refractivity contribution < 1.29 is 0 Å². The minimum absolute atomic E-state index is 0.832. The van der Waals surface area contributed by atoms with Crippen LogP contribution in [0, 0.1) is 0 Å². The zero-order valence-electron chi connectivity index (χ0n) is 10.9. The minimum Gasteiger partial charge on any atom is -0.314 e. The fourth-order valence-electron chi connectivity index (χ4n) is 3.21. The van der Waals surface area contributed by atoms with Gasteiger partial charge in [-0.05, 0) is 65.1 Å². The van der Waals surface area contributed by atoms with Crippen LogP contribution in [0.2, 0.25) is 0 Å². The lowest BCUT2D eigenvalue weighted by atomic mass is 10.1. The van der Waals surface area contributed by atoms with E-state index in [1.54, 1.807) is 0 Å². The molecule has 2 heterocycles. The van der Waals surface area contributed by atoms with Gasteiger partial charge in [0.1, 0.15) is 0 Å². The summed E-state index contributed by atoms with van der Waals surface area (Å²) in [6.07, 6.45) is 11.3. The highest BCUT2D eigenvalue weighted by molar-refractivity contribution is 4.76. The van der Waals surface area contributed by atoms with E-state index in [0.29, 0.717) is 0 Å². The first-order chi connectivity index (χ1) is 7.86. The molecule has 0 aromatic rings. The summed E-state index contributed by atoms with van der Waals surface area (Å²) in [6.45, 7) is 6.35. The van der Waals surface area contributed by atoms with Crippen LogP contribution in [0.1, 0.15) is 58.3 Å². The molecule has 94 valence electrons. The summed E-state index contributed by atoms with van der Waals surface area (Å²) < 4.78 is 0. The van der Waals surface area contributed by atoms with Crippen LogP contribution in [-0.4, -0.2) is 36.6 Å². The fraction of sp³-hybridized carbons (Fsp3) is 1.00. The number of rotatable bonds is 4. The van der Waals surface area contributed by atoms with E-state index in [4.69, 9.17) is 0 Å². The minimum atomic E-state index is 0.832. The van der Waals surface area contributed by atoms with Crippen molar-refractivity contribution >= 4 is 0 Å². The van der Waals surface area contributed by atoms with Gasteiger partial charge >= 0.3 is 0 Å².